The van der Waals surface area contributed by atoms with Crippen molar-refractivity contribution in [1.82, 2.24) is 10.6 Å². The van der Waals surface area contributed by atoms with Crippen molar-refractivity contribution in [3.63, 3.8) is 0 Å². The molecule has 2 aromatic rings. The number of phenols is 1. The molecule has 0 atom stereocenters. The molecule has 0 aromatic heterocycles. The van der Waals surface area contributed by atoms with Gasteiger partial charge in [-0.3, -0.25) is 4.79 Å². The molecule has 0 spiro atoms. The van der Waals surface area contributed by atoms with Gasteiger partial charge in [0.2, 0.25) is 5.91 Å². The number of fused-ring (bicyclic) bond motifs is 2. The number of amides is 3. The molecular weight excluding hydrogens is 416 g/mol. The number of aromatic hydroxyl groups is 1. The summed E-state index contributed by atoms with van der Waals surface area (Å²) in [5.41, 5.74) is 8.53. The maximum absolute atomic E-state index is 13.3. The molecule has 0 saturated carbocycles. The Balaban J connectivity index is 2.28. The van der Waals surface area contributed by atoms with Crippen LogP contribution in [-0.2, 0) is 16.8 Å². The molecule has 1 heterocycles. The summed E-state index contributed by atoms with van der Waals surface area (Å²) in [6, 6.07) is 11.6. The zero-order chi connectivity index (χ0) is 24.4. The second-order valence-electron chi connectivity index (χ2n) is 9.90. The van der Waals surface area contributed by atoms with Gasteiger partial charge in [-0.15, -0.1) is 0 Å². The molecule has 0 fully saturated rings. The number of hydrogen-bond donors (Lipinski definition) is 4. The van der Waals surface area contributed by atoms with Crippen molar-refractivity contribution in [3.05, 3.63) is 47.5 Å². The van der Waals surface area contributed by atoms with E-state index in [2.05, 4.69) is 24.5 Å². The Kier molecular flexibility index (Phi) is 7.03. The Labute approximate surface area is 196 Å². The van der Waals surface area contributed by atoms with Gasteiger partial charge in [-0.05, 0) is 61.8 Å². The highest BCUT2D eigenvalue weighted by atomic mass is 16.3. The minimum Gasteiger partial charge on any atom is -0.505 e. The molecule has 0 aliphatic carbocycles. The Morgan fingerprint density at radius 1 is 1.18 bits per heavy atom. The highest BCUT2D eigenvalue weighted by Crippen LogP contribution is 2.49. The summed E-state index contributed by atoms with van der Waals surface area (Å²) in [7, 11) is 0. The monoisotopic (exact) mass is 452 g/mol. The first-order valence-electron chi connectivity index (χ1n) is 11.5. The van der Waals surface area contributed by atoms with Gasteiger partial charge in [0, 0.05) is 25.2 Å². The number of hydrogen-bond acceptors (Lipinski definition) is 4. The van der Waals surface area contributed by atoms with Gasteiger partial charge in [-0.1, -0.05) is 44.2 Å². The van der Waals surface area contributed by atoms with Crippen molar-refractivity contribution in [2.75, 3.05) is 18.0 Å². The number of nitrogens with one attached hydrogen (secondary N) is 2. The van der Waals surface area contributed by atoms with E-state index in [1.807, 2.05) is 43.3 Å². The number of urea groups is 1. The van der Waals surface area contributed by atoms with Crippen LogP contribution in [0.3, 0.4) is 0 Å². The molecule has 178 valence electrons. The summed E-state index contributed by atoms with van der Waals surface area (Å²) >= 11 is 0. The van der Waals surface area contributed by atoms with Gasteiger partial charge in [-0.2, -0.15) is 0 Å². The molecule has 33 heavy (non-hydrogen) atoms. The fourth-order valence-electron chi connectivity index (χ4n) is 4.54. The Bertz CT molecular complexity index is 1030. The van der Waals surface area contributed by atoms with E-state index in [1.54, 1.807) is 18.7 Å². The number of rotatable bonds is 5. The minimum atomic E-state index is -1.11. The number of anilines is 1. The third-order valence-corrected chi connectivity index (χ3v) is 6.14. The molecule has 7 nitrogen and oxygen atoms in total. The van der Waals surface area contributed by atoms with Crippen LogP contribution in [0.2, 0.25) is 0 Å². The lowest BCUT2D eigenvalue weighted by molar-refractivity contribution is -0.122. The van der Waals surface area contributed by atoms with Crippen molar-refractivity contribution in [2.24, 2.45) is 5.73 Å². The van der Waals surface area contributed by atoms with Gasteiger partial charge >= 0.3 is 6.03 Å². The molecule has 1 aliphatic rings. The third kappa shape index (κ3) is 5.14. The average Bonchev–Trinajstić information content (AvgIpc) is 2.74. The summed E-state index contributed by atoms with van der Waals surface area (Å²) in [4.78, 5) is 27.1. The predicted molar refractivity (Wildman–Crippen MR) is 132 cm³/mol. The molecular formula is C26H36N4O3. The zero-order valence-corrected chi connectivity index (χ0v) is 20.3. The van der Waals surface area contributed by atoms with Gasteiger partial charge in [0.1, 0.15) is 5.75 Å². The lowest BCUT2D eigenvalue weighted by atomic mass is 9.74. The van der Waals surface area contributed by atoms with E-state index in [1.165, 1.54) is 0 Å². The van der Waals surface area contributed by atoms with Crippen molar-refractivity contribution in [1.29, 1.82) is 0 Å². The largest absolute Gasteiger partial charge is 0.505 e. The van der Waals surface area contributed by atoms with E-state index in [0.717, 1.165) is 29.5 Å². The van der Waals surface area contributed by atoms with Crippen LogP contribution in [0, 0.1) is 0 Å². The maximum atomic E-state index is 13.3. The number of carbonyl (C=O) groups excluding carboxylic acids is 2. The standard InChI is InChI=1S/C26H36N4O3/c1-6-28-24(33)29-16-18-15-19(17-11-8-7-9-12-17)20-22(31)21(18)30(23(32)26(4,5)27)14-10-13-25(20,2)3/h7-9,11-12,15,31H,6,10,13-14,16,27H2,1-5H3,(H2,28,29,33). The number of carbonyl (C=O) groups is 2. The van der Waals surface area contributed by atoms with Gasteiger partial charge in [-0.25, -0.2) is 4.79 Å². The van der Waals surface area contributed by atoms with Gasteiger partial charge in [0.05, 0.1) is 11.2 Å². The molecule has 3 amide bonds. The smallest absolute Gasteiger partial charge is 0.315 e. The summed E-state index contributed by atoms with van der Waals surface area (Å²) < 4.78 is 0. The molecule has 0 unspecified atom stereocenters. The third-order valence-electron chi connectivity index (χ3n) is 6.14. The highest BCUT2D eigenvalue weighted by molar-refractivity contribution is 6.02. The van der Waals surface area contributed by atoms with E-state index >= 15 is 0 Å². The summed E-state index contributed by atoms with van der Waals surface area (Å²) in [5, 5.41) is 17.3. The van der Waals surface area contributed by atoms with Crippen LogP contribution in [0.15, 0.2) is 36.4 Å². The van der Waals surface area contributed by atoms with E-state index < -0.39 is 5.54 Å². The first-order valence-corrected chi connectivity index (χ1v) is 11.5. The zero-order valence-electron chi connectivity index (χ0n) is 20.3. The molecule has 2 bridgehead atoms. The average molecular weight is 453 g/mol. The summed E-state index contributed by atoms with van der Waals surface area (Å²) in [5.74, 6) is -0.193. The van der Waals surface area contributed by atoms with E-state index in [9.17, 15) is 14.7 Å². The van der Waals surface area contributed by atoms with Crippen LogP contribution in [0.5, 0.6) is 5.75 Å². The Morgan fingerprint density at radius 3 is 2.45 bits per heavy atom. The van der Waals surface area contributed by atoms with Crippen molar-refractivity contribution >= 4 is 17.6 Å². The number of benzene rings is 2. The molecule has 0 radical (unpaired) electrons. The number of phenolic OH excluding ortho intramolecular Hbond substituents is 1. The first-order chi connectivity index (χ1) is 15.5. The highest BCUT2D eigenvalue weighted by Gasteiger charge is 2.38. The van der Waals surface area contributed by atoms with Crippen LogP contribution < -0.4 is 21.3 Å². The molecule has 2 aromatic carbocycles. The molecule has 7 heteroatoms. The second kappa shape index (κ2) is 9.43. The van der Waals surface area contributed by atoms with Crippen molar-refractivity contribution in [2.45, 2.75) is 65.0 Å². The van der Waals surface area contributed by atoms with Crippen LogP contribution in [0.25, 0.3) is 11.1 Å². The van der Waals surface area contributed by atoms with Crippen LogP contribution in [0.1, 0.15) is 58.6 Å². The number of nitrogens with zero attached hydrogens (tertiary/aromatic N) is 1. The maximum Gasteiger partial charge on any atom is 0.315 e. The SMILES string of the molecule is CCNC(=O)NCc1cc(-c2ccccc2)c2c(O)c1N(C(=O)C(C)(C)N)CCCC2(C)C. The Hall–Kier alpha value is -3.06. The Morgan fingerprint density at radius 2 is 1.85 bits per heavy atom. The number of nitrogens with two attached hydrogens (primary N) is 1. The lowest BCUT2D eigenvalue weighted by Crippen LogP contribution is -2.52. The summed E-state index contributed by atoms with van der Waals surface area (Å²) in [6.45, 7) is 10.5. The van der Waals surface area contributed by atoms with E-state index in [-0.39, 0.29) is 29.6 Å². The summed E-state index contributed by atoms with van der Waals surface area (Å²) in [6.07, 6.45) is 1.55. The van der Waals surface area contributed by atoms with Gasteiger partial charge < -0.3 is 26.4 Å². The van der Waals surface area contributed by atoms with Crippen LogP contribution >= 0.6 is 0 Å². The van der Waals surface area contributed by atoms with Crippen LogP contribution in [0.4, 0.5) is 10.5 Å². The van der Waals surface area contributed by atoms with E-state index in [4.69, 9.17) is 5.73 Å². The predicted octanol–water partition coefficient (Wildman–Crippen LogP) is 4.02. The molecule has 5 N–H and O–H groups in total. The van der Waals surface area contributed by atoms with Gasteiger partial charge in [0.15, 0.2) is 0 Å². The van der Waals surface area contributed by atoms with E-state index in [0.29, 0.717) is 24.3 Å². The fourth-order valence-corrected chi connectivity index (χ4v) is 4.54. The van der Waals surface area contributed by atoms with Crippen LogP contribution in [-0.4, -0.2) is 35.7 Å². The van der Waals surface area contributed by atoms with Gasteiger partial charge in [0.25, 0.3) is 0 Å². The van der Waals surface area contributed by atoms with Crippen molar-refractivity contribution in [3.8, 4) is 16.9 Å². The topological polar surface area (TPSA) is 108 Å². The second-order valence-corrected chi connectivity index (χ2v) is 9.90. The molecule has 1 aliphatic heterocycles. The lowest BCUT2D eigenvalue weighted by Gasteiger charge is -2.38. The van der Waals surface area contributed by atoms with Crippen molar-refractivity contribution < 1.29 is 14.7 Å². The minimum absolute atomic E-state index is 0.0753. The molecule has 0 saturated heterocycles. The normalized spacial score (nSPS) is 15.4. The molecule has 3 rings (SSSR count). The quantitative estimate of drug-likeness (QED) is 0.549. The first kappa shape index (κ1) is 24.6. The fraction of sp³-hybridized carbons (Fsp3) is 0.462.